The summed E-state index contributed by atoms with van der Waals surface area (Å²) >= 11 is 12.1. The van der Waals surface area contributed by atoms with E-state index in [9.17, 15) is 14.4 Å². The van der Waals surface area contributed by atoms with Gasteiger partial charge < -0.3 is 10.1 Å². The molecule has 0 radical (unpaired) electrons. The molecule has 1 N–H and O–H groups in total. The lowest BCUT2D eigenvalue weighted by atomic mass is 10.1. The van der Waals surface area contributed by atoms with Crippen LogP contribution in [0.1, 0.15) is 21.5 Å². The fourth-order valence-corrected chi connectivity index (χ4v) is 3.80. The van der Waals surface area contributed by atoms with Crippen molar-refractivity contribution in [1.82, 2.24) is 0 Å². The van der Waals surface area contributed by atoms with Crippen LogP contribution in [0.5, 0.6) is 5.75 Å². The van der Waals surface area contributed by atoms with Gasteiger partial charge in [0, 0.05) is 10.7 Å². The molecule has 4 rings (SSSR count). The number of hydrogen-bond donors (Lipinski definition) is 1. The van der Waals surface area contributed by atoms with Gasteiger partial charge in [0.15, 0.2) is 0 Å². The van der Waals surface area contributed by atoms with Crippen LogP contribution in [0.4, 0.5) is 11.4 Å². The number of amides is 2. The van der Waals surface area contributed by atoms with E-state index >= 15 is 0 Å². The van der Waals surface area contributed by atoms with Gasteiger partial charge in [0.25, 0.3) is 11.8 Å². The van der Waals surface area contributed by atoms with Crippen LogP contribution >= 0.6 is 23.2 Å². The number of rotatable bonds is 5. The molecule has 0 saturated heterocycles. The first-order valence-electron chi connectivity index (χ1n) is 9.96. The average molecular weight is 481 g/mol. The summed E-state index contributed by atoms with van der Waals surface area (Å²) in [5, 5.41) is 3.02. The second kappa shape index (κ2) is 9.10. The van der Waals surface area contributed by atoms with Gasteiger partial charge in [-0.15, -0.1) is 0 Å². The van der Waals surface area contributed by atoms with Crippen molar-refractivity contribution in [2.45, 2.75) is 13.8 Å². The lowest BCUT2D eigenvalue weighted by Gasteiger charge is -2.15. The van der Waals surface area contributed by atoms with Crippen molar-refractivity contribution < 1.29 is 19.1 Å². The second-order valence-corrected chi connectivity index (χ2v) is 8.24. The Morgan fingerprint density at radius 2 is 1.52 bits per heavy atom. The maximum atomic E-state index is 12.9. The zero-order valence-electron chi connectivity index (χ0n) is 17.7. The van der Waals surface area contributed by atoms with Crippen molar-refractivity contribution in [2.75, 3.05) is 10.2 Å². The lowest BCUT2D eigenvalue weighted by Crippen LogP contribution is -2.32. The Hall–Kier alpha value is -3.61. The van der Waals surface area contributed by atoms with Crippen LogP contribution in [0.3, 0.4) is 0 Å². The molecule has 0 unspecified atom stereocenters. The van der Waals surface area contributed by atoms with E-state index < -0.39 is 17.8 Å². The molecule has 3 aromatic rings. The van der Waals surface area contributed by atoms with Crippen LogP contribution in [-0.2, 0) is 9.59 Å². The Morgan fingerprint density at radius 1 is 0.879 bits per heavy atom. The van der Waals surface area contributed by atoms with Crippen molar-refractivity contribution in [3.05, 3.63) is 99.2 Å². The maximum absolute atomic E-state index is 12.9. The Bertz CT molecular complexity index is 1300. The SMILES string of the molecule is Cc1cccc(C)c1OC(=O)c1ccc(NC2=C(Cl)C(=O)N(c3cccc(Cl)c3)C2=O)cc1. The lowest BCUT2D eigenvalue weighted by molar-refractivity contribution is -0.120. The Balaban J connectivity index is 1.50. The maximum Gasteiger partial charge on any atom is 0.343 e. The number of esters is 1. The molecular weight excluding hydrogens is 463 g/mol. The van der Waals surface area contributed by atoms with E-state index in [1.54, 1.807) is 42.5 Å². The number of para-hydroxylation sites is 1. The van der Waals surface area contributed by atoms with Crippen molar-refractivity contribution >= 4 is 52.4 Å². The van der Waals surface area contributed by atoms with E-state index in [1.807, 2.05) is 32.0 Å². The van der Waals surface area contributed by atoms with Crippen LogP contribution in [-0.4, -0.2) is 17.8 Å². The zero-order chi connectivity index (χ0) is 23.7. The molecule has 0 aliphatic carbocycles. The number of aryl methyl sites for hydroxylation is 2. The minimum absolute atomic E-state index is 0.0625. The summed E-state index contributed by atoms with van der Waals surface area (Å²) in [5.41, 5.74) is 2.77. The van der Waals surface area contributed by atoms with Gasteiger partial charge in [-0.05, 0) is 67.4 Å². The number of nitrogens with zero attached hydrogens (tertiary/aromatic N) is 1. The van der Waals surface area contributed by atoms with Gasteiger partial charge >= 0.3 is 5.97 Å². The van der Waals surface area contributed by atoms with Crippen LogP contribution in [0, 0.1) is 13.8 Å². The summed E-state index contributed by atoms with van der Waals surface area (Å²) < 4.78 is 5.55. The molecule has 8 heteroatoms. The number of hydrogen-bond acceptors (Lipinski definition) is 5. The number of ether oxygens (including phenoxy) is 1. The Morgan fingerprint density at radius 3 is 2.15 bits per heavy atom. The summed E-state index contributed by atoms with van der Waals surface area (Å²) in [6.45, 7) is 3.74. The Labute approximate surface area is 200 Å². The third-order valence-corrected chi connectivity index (χ3v) is 5.67. The van der Waals surface area contributed by atoms with Gasteiger partial charge in [-0.1, -0.05) is 47.5 Å². The minimum atomic E-state index is -0.653. The fraction of sp³-hybridized carbons (Fsp3) is 0.0800. The topological polar surface area (TPSA) is 75.7 Å². The molecule has 0 saturated carbocycles. The molecule has 2 amide bonds. The van der Waals surface area contributed by atoms with E-state index in [0.29, 0.717) is 27.7 Å². The second-order valence-electron chi connectivity index (χ2n) is 7.43. The Kier molecular flexibility index (Phi) is 6.22. The first-order valence-corrected chi connectivity index (χ1v) is 10.7. The molecule has 0 atom stereocenters. The van der Waals surface area contributed by atoms with Crippen molar-refractivity contribution in [3.8, 4) is 5.75 Å². The highest BCUT2D eigenvalue weighted by molar-refractivity contribution is 6.53. The molecule has 3 aromatic carbocycles. The molecule has 6 nitrogen and oxygen atoms in total. The van der Waals surface area contributed by atoms with E-state index in [0.717, 1.165) is 16.0 Å². The van der Waals surface area contributed by atoms with E-state index in [4.69, 9.17) is 27.9 Å². The number of carbonyl (C=O) groups excluding carboxylic acids is 3. The van der Waals surface area contributed by atoms with Crippen molar-refractivity contribution in [2.24, 2.45) is 0 Å². The normalized spacial score (nSPS) is 13.5. The number of benzene rings is 3. The number of imide groups is 1. The predicted molar refractivity (Wildman–Crippen MR) is 128 cm³/mol. The summed E-state index contributed by atoms with van der Waals surface area (Å²) in [6.07, 6.45) is 0. The van der Waals surface area contributed by atoms with Gasteiger partial charge in [0.2, 0.25) is 0 Å². The molecule has 166 valence electrons. The average Bonchev–Trinajstić information content (AvgIpc) is 3.00. The summed E-state index contributed by atoms with van der Waals surface area (Å²) in [7, 11) is 0. The number of nitrogens with one attached hydrogen (secondary N) is 1. The molecular formula is C25H18Cl2N2O4. The molecule has 1 aliphatic heterocycles. The van der Waals surface area contributed by atoms with Crippen LogP contribution in [0.25, 0.3) is 0 Å². The highest BCUT2D eigenvalue weighted by Crippen LogP contribution is 2.31. The summed E-state index contributed by atoms with van der Waals surface area (Å²) in [6, 6.07) is 18.3. The van der Waals surface area contributed by atoms with Crippen LogP contribution in [0.2, 0.25) is 5.02 Å². The van der Waals surface area contributed by atoms with Gasteiger partial charge in [0.1, 0.15) is 16.5 Å². The van der Waals surface area contributed by atoms with Crippen molar-refractivity contribution in [3.63, 3.8) is 0 Å². The fourth-order valence-electron chi connectivity index (χ4n) is 3.41. The molecule has 0 spiro atoms. The predicted octanol–water partition coefficient (Wildman–Crippen LogP) is 5.61. The van der Waals surface area contributed by atoms with E-state index in [2.05, 4.69) is 5.32 Å². The van der Waals surface area contributed by atoms with Gasteiger partial charge in [0.05, 0.1) is 11.3 Å². The van der Waals surface area contributed by atoms with Gasteiger partial charge in [-0.25, -0.2) is 9.69 Å². The van der Waals surface area contributed by atoms with Crippen LogP contribution in [0.15, 0.2) is 77.5 Å². The summed E-state index contributed by atoms with van der Waals surface area (Å²) in [4.78, 5) is 38.9. The zero-order valence-corrected chi connectivity index (χ0v) is 19.2. The van der Waals surface area contributed by atoms with Gasteiger partial charge in [-0.3, -0.25) is 9.59 Å². The third-order valence-electron chi connectivity index (χ3n) is 5.09. The number of carbonyl (C=O) groups is 3. The first-order chi connectivity index (χ1) is 15.8. The minimum Gasteiger partial charge on any atom is -0.422 e. The highest BCUT2D eigenvalue weighted by Gasteiger charge is 2.39. The molecule has 0 aromatic heterocycles. The monoisotopic (exact) mass is 480 g/mol. The van der Waals surface area contributed by atoms with Crippen LogP contribution < -0.4 is 15.0 Å². The van der Waals surface area contributed by atoms with Crippen molar-refractivity contribution in [1.29, 1.82) is 0 Å². The quantitative estimate of drug-likeness (QED) is 0.291. The molecule has 33 heavy (non-hydrogen) atoms. The molecule has 1 aliphatic rings. The highest BCUT2D eigenvalue weighted by atomic mass is 35.5. The van der Waals surface area contributed by atoms with Gasteiger partial charge in [-0.2, -0.15) is 0 Å². The number of anilines is 2. The summed E-state index contributed by atoms with van der Waals surface area (Å²) in [5.74, 6) is -1.24. The molecule has 0 fully saturated rings. The van der Waals surface area contributed by atoms with E-state index in [1.165, 1.54) is 6.07 Å². The van der Waals surface area contributed by atoms with E-state index in [-0.39, 0.29) is 10.7 Å². The number of halogens is 2. The standard InChI is InChI=1S/C25H18Cl2N2O4/c1-14-5-3-6-15(2)22(14)33-25(32)16-9-11-18(12-10-16)28-21-20(27)23(30)29(24(21)31)19-8-4-7-17(26)13-19/h3-13,28H,1-2H3. The third kappa shape index (κ3) is 4.49. The smallest absolute Gasteiger partial charge is 0.343 e. The molecule has 1 heterocycles. The largest absolute Gasteiger partial charge is 0.422 e. The molecule has 0 bridgehead atoms. The first kappa shape index (κ1) is 22.6.